The number of likely N-dealkylation sites (tertiary alicyclic amines) is 1. The summed E-state index contributed by atoms with van der Waals surface area (Å²) in [6, 6.07) is 2.00. The number of amides is 2. The first kappa shape index (κ1) is 17.9. The third-order valence-corrected chi connectivity index (χ3v) is 6.18. The molecule has 0 saturated carbocycles. The Hall–Kier alpha value is -1.87. The minimum atomic E-state index is -0.108. The van der Waals surface area contributed by atoms with E-state index >= 15 is 0 Å². The summed E-state index contributed by atoms with van der Waals surface area (Å²) in [5.74, 6) is 1.19. The molecule has 0 aliphatic carbocycles. The molecule has 2 aromatic rings. The molecule has 2 amide bonds. The average molecular weight is 380 g/mol. The van der Waals surface area contributed by atoms with Crippen LogP contribution < -0.4 is 5.32 Å². The molecule has 1 N–H and O–H groups in total. The molecular formula is C16H21N5O2S2. The Kier molecular flexibility index (Phi) is 5.74. The number of carbonyl (C=O) groups is 2. The smallest absolute Gasteiger partial charge is 0.233 e. The van der Waals surface area contributed by atoms with E-state index in [1.54, 1.807) is 23.6 Å². The van der Waals surface area contributed by atoms with Crippen LogP contribution >= 0.6 is 23.1 Å². The molecule has 134 valence electrons. The molecule has 9 heteroatoms. The number of carbonyl (C=O) groups excluding carboxylic acids is 2. The lowest BCUT2D eigenvalue weighted by Gasteiger charge is -2.32. The van der Waals surface area contributed by atoms with Crippen LogP contribution in [0.4, 0.5) is 5.82 Å². The molecule has 1 saturated heterocycles. The van der Waals surface area contributed by atoms with E-state index in [-0.39, 0.29) is 17.9 Å². The maximum absolute atomic E-state index is 12.4. The highest BCUT2D eigenvalue weighted by Gasteiger charge is 2.25. The van der Waals surface area contributed by atoms with Gasteiger partial charge in [0.05, 0.1) is 18.0 Å². The van der Waals surface area contributed by atoms with Crippen molar-refractivity contribution in [1.82, 2.24) is 19.7 Å². The normalized spacial score (nSPS) is 15.4. The van der Waals surface area contributed by atoms with E-state index in [9.17, 15) is 9.59 Å². The summed E-state index contributed by atoms with van der Waals surface area (Å²) in [6.45, 7) is 4.86. The van der Waals surface area contributed by atoms with Crippen molar-refractivity contribution in [3.8, 4) is 0 Å². The Morgan fingerprint density at radius 1 is 1.40 bits per heavy atom. The number of rotatable bonds is 5. The number of aryl methyl sites for hydroxylation is 1. The monoisotopic (exact) mass is 379 g/mol. The van der Waals surface area contributed by atoms with E-state index in [1.807, 2.05) is 21.9 Å². The van der Waals surface area contributed by atoms with Crippen molar-refractivity contribution in [2.24, 2.45) is 0 Å². The number of thioether (sulfide) groups is 1. The van der Waals surface area contributed by atoms with E-state index in [0.29, 0.717) is 24.7 Å². The lowest BCUT2D eigenvalue weighted by Crippen LogP contribution is -2.40. The highest BCUT2D eigenvalue weighted by Crippen LogP contribution is 2.27. The van der Waals surface area contributed by atoms with Crippen LogP contribution in [0.25, 0.3) is 0 Å². The molecule has 0 unspecified atom stereocenters. The van der Waals surface area contributed by atoms with Gasteiger partial charge in [0.25, 0.3) is 0 Å². The molecule has 25 heavy (non-hydrogen) atoms. The van der Waals surface area contributed by atoms with Crippen molar-refractivity contribution in [3.63, 3.8) is 0 Å². The molecule has 1 fully saturated rings. The molecule has 1 aliphatic rings. The molecule has 1 aliphatic heterocycles. The highest BCUT2D eigenvalue weighted by atomic mass is 32.2. The van der Waals surface area contributed by atoms with Crippen LogP contribution in [0, 0.1) is 6.92 Å². The van der Waals surface area contributed by atoms with Crippen LogP contribution in [0.2, 0.25) is 0 Å². The lowest BCUT2D eigenvalue weighted by atomic mass is 10.1. The second kappa shape index (κ2) is 8.01. The zero-order valence-corrected chi connectivity index (χ0v) is 15.9. The number of nitrogens with zero attached hydrogens (tertiary/aromatic N) is 4. The fourth-order valence-corrected chi connectivity index (χ4v) is 4.61. The maximum Gasteiger partial charge on any atom is 0.233 e. The van der Waals surface area contributed by atoms with E-state index in [2.05, 4.69) is 15.4 Å². The second-order valence-electron chi connectivity index (χ2n) is 6.00. The fraction of sp³-hybridized carbons (Fsp3) is 0.500. The number of aromatic nitrogens is 3. The van der Waals surface area contributed by atoms with Gasteiger partial charge in [0, 0.05) is 37.2 Å². The molecule has 0 aromatic carbocycles. The summed E-state index contributed by atoms with van der Waals surface area (Å²) in [6.07, 6.45) is 3.36. The van der Waals surface area contributed by atoms with Gasteiger partial charge in [-0.2, -0.15) is 5.10 Å². The lowest BCUT2D eigenvalue weighted by molar-refractivity contribution is -0.129. The van der Waals surface area contributed by atoms with Gasteiger partial charge in [-0.05, 0) is 19.8 Å². The zero-order valence-electron chi connectivity index (χ0n) is 14.3. The van der Waals surface area contributed by atoms with Gasteiger partial charge in [-0.25, -0.2) is 9.67 Å². The Labute approximate surface area is 154 Å². The van der Waals surface area contributed by atoms with Gasteiger partial charge < -0.3 is 10.2 Å². The number of hydrogen-bond donors (Lipinski definition) is 1. The largest absolute Gasteiger partial charge is 0.342 e. The van der Waals surface area contributed by atoms with E-state index in [0.717, 1.165) is 22.9 Å². The summed E-state index contributed by atoms with van der Waals surface area (Å²) in [4.78, 5) is 29.9. The summed E-state index contributed by atoms with van der Waals surface area (Å²) in [5.41, 5.74) is 0.995. The van der Waals surface area contributed by atoms with Gasteiger partial charge in [-0.3, -0.25) is 9.59 Å². The SMILES string of the molecule is CC(=O)Nc1ccnn1C1CCN(C(=O)CSc2nc(C)cs2)CC1. The Bertz CT molecular complexity index is 749. The first-order valence-corrected chi connectivity index (χ1v) is 10.0. The molecule has 3 heterocycles. The maximum atomic E-state index is 12.4. The molecule has 3 rings (SSSR count). The average Bonchev–Trinajstić information content (AvgIpc) is 3.21. The van der Waals surface area contributed by atoms with Crippen molar-refractivity contribution in [2.75, 3.05) is 24.2 Å². The molecule has 0 radical (unpaired) electrons. The first-order valence-electron chi connectivity index (χ1n) is 8.16. The second-order valence-corrected chi connectivity index (χ2v) is 8.08. The number of hydrogen-bond acceptors (Lipinski definition) is 6. The predicted octanol–water partition coefficient (Wildman–Crippen LogP) is 2.56. The number of anilines is 1. The molecule has 7 nitrogen and oxygen atoms in total. The molecular weight excluding hydrogens is 358 g/mol. The van der Waals surface area contributed by atoms with Gasteiger partial charge in [-0.15, -0.1) is 11.3 Å². The summed E-state index contributed by atoms with van der Waals surface area (Å²) in [5, 5.41) is 9.12. The zero-order chi connectivity index (χ0) is 17.8. The Morgan fingerprint density at radius 2 is 2.16 bits per heavy atom. The summed E-state index contributed by atoms with van der Waals surface area (Å²) < 4.78 is 2.80. The van der Waals surface area contributed by atoms with E-state index in [4.69, 9.17) is 0 Å². The van der Waals surface area contributed by atoms with Gasteiger partial charge in [0.2, 0.25) is 11.8 Å². The minimum absolute atomic E-state index is 0.108. The topological polar surface area (TPSA) is 80.1 Å². The van der Waals surface area contributed by atoms with Crippen LogP contribution in [-0.4, -0.2) is 50.3 Å². The van der Waals surface area contributed by atoms with Gasteiger partial charge in [0.1, 0.15) is 5.82 Å². The quantitative estimate of drug-likeness (QED) is 0.808. The summed E-state index contributed by atoms with van der Waals surface area (Å²) >= 11 is 3.08. The van der Waals surface area contributed by atoms with Crippen molar-refractivity contribution in [1.29, 1.82) is 0 Å². The van der Waals surface area contributed by atoms with Gasteiger partial charge in [0.15, 0.2) is 4.34 Å². The molecule has 0 bridgehead atoms. The van der Waals surface area contributed by atoms with Crippen LogP contribution in [0.15, 0.2) is 22.0 Å². The van der Waals surface area contributed by atoms with E-state index in [1.165, 1.54) is 18.7 Å². The Balaban J connectivity index is 1.50. The Morgan fingerprint density at radius 3 is 2.80 bits per heavy atom. The van der Waals surface area contributed by atoms with Crippen molar-refractivity contribution < 1.29 is 9.59 Å². The van der Waals surface area contributed by atoms with E-state index < -0.39 is 0 Å². The first-order chi connectivity index (χ1) is 12.0. The standard InChI is InChI=1S/C16H21N5O2S2/c1-11-9-24-16(18-11)25-10-15(23)20-7-4-13(5-8-20)21-14(3-6-17-21)19-12(2)22/h3,6,9,13H,4-5,7-8,10H2,1-2H3,(H,19,22). The van der Waals surface area contributed by atoms with Crippen LogP contribution in [0.1, 0.15) is 31.5 Å². The van der Waals surface area contributed by atoms with Gasteiger partial charge in [-0.1, -0.05) is 11.8 Å². The number of piperidine rings is 1. The molecule has 0 spiro atoms. The highest BCUT2D eigenvalue weighted by molar-refractivity contribution is 8.01. The third-order valence-electron chi connectivity index (χ3n) is 4.05. The van der Waals surface area contributed by atoms with Gasteiger partial charge >= 0.3 is 0 Å². The predicted molar refractivity (Wildman–Crippen MR) is 99.0 cm³/mol. The number of nitrogens with one attached hydrogen (secondary N) is 1. The van der Waals surface area contributed by atoms with Crippen molar-refractivity contribution in [2.45, 2.75) is 37.1 Å². The molecule has 0 atom stereocenters. The molecule has 2 aromatic heterocycles. The third kappa shape index (κ3) is 4.60. The fourth-order valence-electron chi connectivity index (χ4n) is 2.86. The number of thiazole rings is 1. The minimum Gasteiger partial charge on any atom is -0.342 e. The van der Waals surface area contributed by atoms with Crippen LogP contribution in [0.3, 0.4) is 0 Å². The van der Waals surface area contributed by atoms with Crippen LogP contribution in [-0.2, 0) is 9.59 Å². The summed E-state index contributed by atoms with van der Waals surface area (Å²) in [7, 11) is 0. The van der Waals surface area contributed by atoms with Crippen molar-refractivity contribution in [3.05, 3.63) is 23.3 Å². The van der Waals surface area contributed by atoms with Crippen molar-refractivity contribution >= 4 is 40.7 Å². The van der Waals surface area contributed by atoms with Crippen LogP contribution in [0.5, 0.6) is 0 Å².